The zero-order chi connectivity index (χ0) is 12.1. The molecule has 1 aromatic rings. The van der Waals surface area contributed by atoms with Crippen molar-refractivity contribution in [3.63, 3.8) is 0 Å². The van der Waals surface area contributed by atoms with E-state index in [0.717, 1.165) is 22.4 Å². The van der Waals surface area contributed by atoms with Crippen LogP contribution in [0.1, 0.15) is 24.5 Å². The van der Waals surface area contributed by atoms with Gasteiger partial charge in [-0.1, -0.05) is 13.0 Å². The van der Waals surface area contributed by atoms with Gasteiger partial charge in [-0.15, -0.1) is 11.8 Å². The fourth-order valence-electron chi connectivity index (χ4n) is 1.41. The quantitative estimate of drug-likeness (QED) is 0.418. The van der Waals surface area contributed by atoms with E-state index < -0.39 is 0 Å². The second-order valence-corrected chi connectivity index (χ2v) is 5.33. The zero-order valence-electron chi connectivity index (χ0n) is 9.66. The maximum Gasteiger partial charge on any atom is 0.123 e. The van der Waals surface area contributed by atoms with Crippen molar-refractivity contribution in [1.29, 1.82) is 5.41 Å². The Morgan fingerprint density at radius 3 is 2.81 bits per heavy atom. The van der Waals surface area contributed by atoms with Gasteiger partial charge in [-0.25, -0.2) is 0 Å². The van der Waals surface area contributed by atoms with E-state index in [2.05, 4.69) is 6.92 Å². The lowest BCUT2D eigenvalue weighted by Gasteiger charge is -2.13. The van der Waals surface area contributed by atoms with Crippen molar-refractivity contribution >= 4 is 17.6 Å². The molecule has 88 valence electrons. The van der Waals surface area contributed by atoms with Gasteiger partial charge in [0.1, 0.15) is 5.84 Å². The largest absolute Gasteiger partial charge is 0.396 e. The highest BCUT2D eigenvalue weighted by molar-refractivity contribution is 8.00. The summed E-state index contributed by atoms with van der Waals surface area (Å²) in [7, 11) is 0. The van der Waals surface area contributed by atoms with E-state index in [0.29, 0.717) is 5.25 Å². The lowest BCUT2D eigenvalue weighted by atomic mass is 10.1. The summed E-state index contributed by atoms with van der Waals surface area (Å²) in [4.78, 5) is 1.02. The number of nitrogens with two attached hydrogens (primary N) is 1. The molecule has 0 aliphatic rings. The van der Waals surface area contributed by atoms with Crippen molar-refractivity contribution in [3.8, 4) is 0 Å². The highest BCUT2D eigenvalue weighted by Gasteiger charge is 2.10. The molecule has 1 rings (SSSR count). The first-order valence-electron chi connectivity index (χ1n) is 5.27. The van der Waals surface area contributed by atoms with Crippen LogP contribution in [0.25, 0.3) is 0 Å². The minimum Gasteiger partial charge on any atom is -0.396 e. The molecule has 1 unspecified atom stereocenters. The maximum absolute atomic E-state index is 8.87. The first-order valence-corrected chi connectivity index (χ1v) is 6.15. The Hall–Kier alpha value is -1.00. The van der Waals surface area contributed by atoms with Crippen LogP contribution in [-0.2, 0) is 0 Å². The molecule has 0 bridgehead atoms. The molecule has 4 heteroatoms. The van der Waals surface area contributed by atoms with Crippen LogP contribution in [0, 0.1) is 12.3 Å². The van der Waals surface area contributed by atoms with E-state index in [4.69, 9.17) is 16.2 Å². The molecule has 1 atom stereocenters. The summed E-state index contributed by atoms with van der Waals surface area (Å²) in [5.74, 6) is 0.0960. The fraction of sp³-hybridized carbons (Fsp3) is 0.417. The molecule has 4 N–H and O–H groups in total. The number of nitrogens with one attached hydrogen (secondary N) is 1. The average Bonchev–Trinajstić information content (AvgIpc) is 2.17. The number of amidine groups is 1. The topological polar surface area (TPSA) is 70.1 Å². The molecule has 0 radical (unpaired) electrons. The van der Waals surface area contributed by atoms with E-state index in [9.17, 15) is 0 Å². The number of benzene rings is 1. The number of aliphatic hydroxyl groups excluding tert-OH is 1. The van der Waals surface area contributed by atoms with Gasteiger partial charge in [-0.3, -0.25) is 5.41 Å². The SMILES string of the molecule is Cc1ccc(C(=N)N)c(SC(C)CCO)c1. The van der Waals surface area contributed by atoms with Gasteiger partial charge in [0.25, 0.3) is 0 Å². The highest BCUT2D eigenvalue weighted by Crippen LogP contribution is 2.29. The van der Waals surface area contributed by atoms with Gasteiger partial charge in [-0.2, -0.15) is 0 Å². The predicted octanol–water partition coefficient (Wildman–Crippen LogP) is 2.14. The third kappa shape index (κ3) is 3.54. The summed E-state index contributed by atoms with van der Waals surface area (Å²) in [5.41, 5.74) is 7.47. The van der Waals surface area contributed by atoms with Crippen LogP contribution in [0.4, 0.5) is 0 Å². The molecule has 1 aromatic carbocycles. The molecule has 0 fully saturated rings. The van der Waals surface area contributed by atoms with Crippen LogP contribution >= 0.6 is 11.8 Å². The molecule has 16 heavy (non-hydrogen) atoms. The molecule has 3 nitrogen and oxygen atoms in total. The van der Waals surface area contributed by atoms with E-state index in [1.165, 1.54) is 0 Å². The van der Waals surface area contributed by atoms with Crippen molar-refractivity contribution < 1.29 is 5.11 Å². The van der Waals surface area contributed by atoms with Crippen molar-refractivity contribution in [2.45, 2.75) is 30.4 Å². The Balaban J connectivity index is 2.92. The number of hydrogen-bond donors (Lipinski definition) is 3. The standard InChI is InChI=1S/C12H18N2OS/c1-8-3-4-10(12(13)14)11(7-8)16-9(2)5-6-15/h3-4,7,9,15H,5-6H2,1-2H3,(H3,13,14). The molecular weight excluding hydrogens is 220 g/mol. The lowest BCUT2D eigenvalue weighted by Crippen LogP contribution is -2.13. The maximum atomic E-state index is 8.87. The smallest absolute Gasteiger partial charge is 0.123 e. The Kier molecular flexibility index (Phi) is 4.83. The lowest BCUT2D eigenvalue weighted by molar-refractivity contribution is 0.289. The number of nitrogen functional groups attached to an aromatic ring is 1. The minimum absolute atomic E-state index is 0.0960. The monoisotopic (exact) mass is 238 g/mol. The molecule has 0 saturated carbocycles. The molecule has 0 heterocycles. The number of hydrogen-bond acceptors (Lipinski definition) is 3. The number of rotatable bonds is 5. The van der Waals surface area contributed by atoms with E-state index in [1.54, 1.807) is 11.8 Å². The van der Waals surface area contributed by atoms with Crippen molar-refractivity contribution in [2.24, 2.45) is 5.73 Å². The minimum atomic E-state index is 0.0960. The third-order valence-corrected chi connectivity index (χ3v) is 3.52. The Bertz CT molecular complexity index is 379. The molecule has 0 amide bonds. The normalized spacial score (nSPS) is 12.4. The summed E-state index contributed by atoms with van der Waals surface area (Å²) in [6.07, 6.45) is 0.746. The second-order valence-electron chi connectivity index (χ2n) is 3.85. The first kappa shape index (κ1) is 13.1. The van der Waals surface area contributed by atoms with Crippen LogP contribution in [0.3, 0.4) is 0 Å². The molecular formula is C12H18N2OS. The van der Waals surface area contributed by atoms with Gasteiger partial charge >= 0.3 is 0 Å². The van der Waals surface area contributed by atoms with Crippen molar-refractivity contribution in [2.75, 3.05) is 6.61 Å². The summed E-state index contributed by atoms with van der Waals surface area (Å²) in [5, 5.41) is 16.7. The van der Waals surface area contributed by atoms with Crippen LogP contribution in [0.15, 0.2) is 23.1 Å². The van der Waals surface area contributed by atoms with Gasteiger partial charge in [0.15, 0.2) is 0 Å². The molecule has 0 spiro atoms. The van der Waals surface area contributed by atoms with E-state index in [1.807, 2.05) is 25.1 Å². The van der Waals surface area contributed by atoms with Crippen molar-refractivity contribution in [1.82, 2.24) is 0 Å². The molecule has 0 aromatic heterocycles. The average molecular weight is 238 g/mol. The molecule has 0 aliphatic heterocycles. The summed E-state index contributed by atoms with van der Waals surface area (Å²) in [6.45, 7) is 4.27. The summed E-state index contributed by atoms with van der Waals surface area (Å²) >= 11 is 1.66. The Morgan fingerprint density at radius 1 is 1.56 bits per heavy atom. The summed E-state index contributed by atoms with van der Waals surface area (Å²) < 4.78 is 0. The van der Waals surface area contributed by atoms with Gasteiger partial charge in [0, 0.05) is 22.3 Å². The van der Waals surface area contributed by atoms with Crippen LogP contribution < -0.4 is 5.73 Å². The summed E-state index contributed by atoms with van der Waals surface area (Å²) in [6, 6.07) is 5.87. The van der Waals surface area contributed by atoms with Gasteiger partial charge in [-0.05, 0) is 31.0 Å². The Labute approximate surface area is 101 Å². The predicted molar refractivity (Wildman–Crippen MR) is 69.2 cm³/mol. The van der Waals surface area contributed by atoms with E-state index in [-0.39, 0.29) is 12.4 Å². The zero-order valence-corrected chi connectivity index (χ0v) is 10.5. The van der Waals surface area contributed by atoms with Crippen molar-refractivity contribution in [3.05, 3.63) is 29.3 Å². The van der Waals surface area contributed by atoms with Gasteiger partial charge in [0.05, 0.1) is 0 Å². The molecule has 0 aliphatic carbocycles. The fourth-order valence-corrected chi connectivity index (χ4v) is 2.62. The third-order valence-electron chi connectivity index (χ3n) is 2.29. The van der Waals surface area contributed by atoms with E-state index >= 15 is 0 Å². The number of aliphatic hydroxyl groups is 1. The first-order chi connectivity index (χ1) is 7.54. The van der Waals surface area contributed by atoms with Crippen LogP contribution in [0.2, 0.25) is 0 Å². The second kappa shape index (κ2) is 5.92. The number of thioether (sulfide) groups is 1. The number of aryl methyl sites for hydroxylation is 1. The van der Waals surface area contributed by atoms with Gasteiger partial charge < -0.3 is 10.8 Å². The highest BCUT2D eigenvalue weighted by atomic mass is 32.2. The Morgan fingerprint density at radius 2 is 2.25 bits per heavy atom. The molecule has 0 saturated heterocycles. The van der Waals surface area contributed by atoms with Crippen LogP contribution in [-0.4, -0.2) is 22.8 Å². The van der Waals surface area contributed by atoms with Crippen LogP contribution in [0.5, 0.6) is 0 Å². The van der Waals surface area contributed by atoms with Gasteiger partial charge in [0.2, 0.25) is 0 Å².